The lowest BCUT2D eigenvalue weighted by Crippen LogP contribution is -2.47. The molecule has 0 radical (unpaired) electrons. The van der Waals surface area contributed by atoms with E-state index in [-0.39, 0.29) is 29.0 Å². The third-order valence-corrected chi connectivity index (χ3v) is 3.92. The van der Waals surface area contributed by atoms with E-state index >= 15 is 0 Å². The second-order valence-corrected chi connectivity index (χ2v) is 6.92. The molecule has 0 saturated carbocycles. The monoisotopic (exact) mass is 296 g/mol. The van der Waals surface area contributed by atoms with Crippen molar-refractivity contribution in [2.24, 2.45) is 5.41 Å². The van der Waals surface area contributed by atoms with Gasteiger partial charge in [-0.15, -0.1) is 0 Å². The predicted molar refractivity (Wildman–Crippen MR) is 78.3 cm³/mol. The summed E-state index contributed by atoms with van der Waals surface area (Å²) < 4.78 is 10.1. The molecule has 1 aliphatic rings. The average molecular weight is 296 g/mol. The van der Waals surface area contributed by atoms with Crippen molar-refractivity contribution in [3.05, 3.63) is 22.2 Å². The Morgan fingerprint density at radius 3 is 2.76 bits per heavy atom. The molecule has 2 heterocycles. The summed E-state index contributed by atoms with van der Waals surface area (Å²) in [6, 6.07) is 1.60. The molecular weight excluding hydrogens is 272 g/mol. The maximum atomic E-state index is 11.9. The zero-order valence-corrected chi connectivity index (χ0v) is 13.1. The molecule has 6 nitrogen and oxygen atoms in total. The van der Waals surface area contributed by atoms with Gasteiger partial charge in [-0.3, -0.25) is 4.79 Å². The number of piperidine rings is 1. The lowest BCUT2D eigenvalue weighted by Gasteiger charge is -2.40. The molecule has 0 aromatic carbocycles. The van der Waals surface area contributed by atoms with Crippen LogP contribution in [0.3, 0.4) is 0 Å². The lowest BCUT2D eigenvalue weighted by molar-refractivity contribution is 0.0669. The molecule has 2 rings (SSSR count). The molecular formula is C15H24N2O4. The first-order valence-corrected chi connectivity index (χ1v) is 7.33. The Morgan fingerprint density at radius 2 is 2.24 bits per heavy atom. The Morgan fingerprint density at radius 1 is 1.52 bits per heavy atom. The molecule has 118 valence electrons. The lowest BCUT2D eigenvalue weighted by atomic mass is 9.80. The number of ether oxygens (including phenoxy) is 1. The minimum atomic E-state index is -0.279. The van der Waals surface area contributed by atoms with E-state index in [0.717, 1.165) is 19.3 Å². The highest BCUT2D eigenvalue weighted by molar-refractivity contribution is 5.68. The Balaban J connectivity index is 2.16. The van der Waals surface area contributed by atoms with Crippen LogP contribution in [0.15, 0.2) is 15.4 Å². The molecule has 1 aromatic heterocycles. The van der Waals surface area contributed by atoms with Crippen molar-refractivity contribution >= 4 is 6.09 Å². The van der Waals surface area contributed by atoms with Gasteiger partial charge in [0.05, 0.1) is 7.11 Å². The first-order valence-electron chi connectivity index (χ1n) is 7.33. The summed E-state index contributed by atoms with van der Waals surface area (Å²) in [4.78, 5) is 25.0. The van der Waals surface area contributed by atoms with Crippen LogP contribution in [0.2, 0.25) is 0 Å². The van der Waals surface area contributed by atoms with Gasteiger partial charge in [0, 0.05) is 24.6 Å². The summed E-state index contributed by atoms with van der Waals surface area (Å²) >= 11 is 0. The maximum Gasteiger partial charge on any atom is 0.409 e. The minimum absolute atomic E-state index is 0.0939. The number of H-pyrrole nitrogens is 1. The molecule has 0 bridgehead atoms. The number of methoxy groups -OCH3 is 1. The minimum Gasteiger partial charge on any atom is -0.453 e. The highest BCUT2D eigenvalue weighted by Gasteiger charge is 2.36. The number of rotatable bonds is 2. The van der Waals surface area contributed by atoms with Gasteiger partial charge in [0.25, 0.3) is 5.56 Å². The molecule has 1 aliphatic heterocycles. The third-order valence-electron chi connectivity index (χ3n) is 3.92. The zero-order valence-electron chi connectivity index (χ0n) is 13.1. The zero-order chi connectivity index (χ0) is 15.6. The Hall–Kier alpha value is -1.72. The van der Waals surface area contributed by atoms with E-state index in [2.05, 4.69) is 25.9 Å². The predicted octanol–water partition coefficient (Wildman–Crippen LogP) is 2.72. The van der Waals surface area contributed by atoms with Crippen LogP contribution in [0, 0.1) is 5.41 Å². The quantitative estimate of drug-likeness (QED) is 0.910. The second kappa shape index (κ2) is 5.95. The van der Waals surface area contributed by atoms with Gasteiger partial charge in [-0.25, -0.2) is 4.79 Å². The SMILES string of the molecule is COC(=O)N1CCC(c2cc(=O)[nH]o2)CC1CC(C)(C)C. The highest BCUT2D eigenvalue weighted by atomic mass is 16.5. The molecule has 1 aromatic rings. The maximum absolute atomic E-state index is 11.9. The van der Waals surface area contributed by atoms with Crippen LogP contribution in [-0.2, 0) is 4.74 Å². The van der Waals surface area contributed by atoms with E-state index in [4.69, 9.17) is 9.26 Å². The summed E-state index contributed by atoms with van der Waals surface area (Å²) in [7, 11) is 1.41. The topological polar surface area (TPSA) is 75.5 Å². The van der Waals surface area contributed by atoms with Crippen LogP contribution < -0.4 is 5.56 Å². The van der Waals surface area contributed by atoms with Crippen molar-refractivity contribution in [3.63, 3.8) is 0 Å². The van der Waals surface area contributed by atoms with E-state index in [9.17, 15) is 9.59 Å². The van der Waals surface area contributed by atoms with E-state index in [1.54, 1.807) is 4.90 Å². The number of nitrogens with zero attached hydrogens (tertiary/aromatic N) is 1. The summed E-state index contributed by atoms with van der Waals surface area (Å²) in [5.41, 5.74) is -0.106. The van der Waals surface area contributed by atoms with Gasteiger partial charge in [-0.05, 0) is 24.7 Å². The molecule has 1 amide bonds. The number of hydrogen-bond donors (Lipinski definition) is 1. The average Bonchev–Trinajstić information content (AvgIpc) is 2.82. The fourth-order valence-electron chi connectivity index (χ4n) is 3.07. The first kappa shape index (κ1) is 15.7. The normalized spacial score (nSPS) is 23.1. The molecule has 0 spiro atoms. The standard InChI is InChI=1S/C15H24N2O4/c1-15(2,3)9-11-7-10(12-8-13(18)16-21-12)5-6-17(11)14(19)20-4/h8,10-11H,5-7,9H2,1-4H3,(H,16,18). The fourth-order valence-corrected chi connectivity index (χ4v) is 3.07. The van der Waals surface area contributed by atoms with Gasteiger partial charge in [-0.1, -0.05) is 20.8 Å². The van der Waals surface area contributed by atoms with Crippen molar-refractivity contribution < 1.29 is 14.1 Å². The Bertz CT molecular complexity index is 540. The molecule has 2 unspecified atom stereocenters. The largest absolute Gasteiger partial charge is 0.453 e. The molecule has 1 fully saturated rings. The molecule has 6 heteroatoms. The first-order chi connectivity index (χ1) is 9.80. The van der Waals surface area contributed by atoms with Crippen molar-refractivity contribution in [1.82, 2.24) is 10.1 Å². The highest BCUT2D eigenvalue weighted by Crippen LogP contribution is 2.36. The molecule has 2 atom stereocenters. The van der Waals surface area contributed by atoms with E-state index in [1.165, 1.54) is 13.2 Å². The number of aromatic nitrogens is 1. The van der Waals surface area contributed by atoms with Gasteiger partial charge in [0.1, 0.15) is 5.76 Å². The van der Waals surface area contributed by atoms with Crippen LogP contribution in [0.25, 0.3) is 0 Å². The summed E-state index contributed by atoms with van der Waals surface area (Å²) in [5, 5.41) is 2.34. The number of hydrogen-bond acceptors (Lipinski definition) is 4. The Kier molecular flexibility index (Phi) is 4.44. The van der Waals surface area contributed by atoms with Gasteiger partial charge in [-0.2, -0.15) is 5.16 Å². The van der Waals surface area contributed by atoms with Crippen LogP contribution in [0.5, 0.6) is 0 Å². The smallest absolute Gasteiger partial charge is 0.409 e. The molecule has 21 heavy (non-hydrogen) atoms. The van der Waals surface area contributed by atoms with Crippen LogP contribution in [-0.4, -0.2) is 35.8 Å². The van der Waals surface area contributed by atoms with E-state index in [1.807, 2.05) is 0 Å². The van der Waals surface area contributed by atoms with Crippen LogP contribution >= 0.6 is 0 Å². The van der Waals surface area contributed by atoms with E-state index < -0.39 is 0 Å². The number of carbonyl (C=O) groups is 1. The third kappa shape index (κ3) is 3.89. The number of carbonyl (C=O) groups excluding carboxylic acids is 1. The van der Waals surface area contributed by atoms with Gasteiger partial charge < -0.3 is 14.2 Å². The molecule has 0 aliphatic carbocycles. The van der Waals surface area contributed by atoms with Gasteiger partial charge in [0.2, 0.25) is 0 Å². The van der Waals surface area contributed by atoms with Gasteiger partial charge in [0.15, 0.2) is 0 Å². The van der Waals surface area contributed by atoms with Crippen molar-refractivity contribution in [2.75, 3.05) is 13.7 Å². The van der Waals surface area contributed by atoms with Gasteiger partial charge >= 0.3 is 6.09 Å². The second-order valence-electron chi connectivity index (χ2n) is 6.92. The summed E-state index contributed by atoms with van der Waals surface area (Å²) in [5.74, 6) is 0.848. The molecule has 1 saturated heterocycles. The number of aromatic amines is 1. The van der Waals surface area contributed by atoms with Crippen LogP contribution in [0.1, 0.15) is 51.7 Å². The number of amides is 1. The van der Waals surface area contributed by atoms with Crippen molar-refractivity contribution in [1.29, 1.82) is 0 Å². The number of likely N-dealkylation sites (tertiary alicyclic amines) is 1. The fraction of sp³-hybridized carbons (Fsp3) is 0.733. The molecule has 1 N–H and O–H groups in total. The van der Waals surface area contributed by atoms with Crippen LogP contribution in [0.4, 0.5) is 4.79 Å². The van der Waals surface area contributed by atoms with E-state index in [0.29, 0.717) is 12.3 Å². The summed E-state index contributed by atoms with van der Waals surface area (Å²) in [6.45, 7) is 7.08. The Labute approximate surface area is 124 Å². The summed E-state index contributed by atoms with van der Waals surface area (Å²) in [6.07, 6.45) is 2.16. The van der Waals surface area contributed by atoms with Crippen molar-refractivity contribution in [2.45, 2.75) is 52.0 Å². The number of nitrogens with one attached hydrogen (secondary N) is 1. The van der Waals surface area contributed by atoms with Crippen molar-refractivity contribution in [3.8, 4) is 0 Å².